The number of H-pyrrole nitrogens is 2. The molecule has 62 heavy (non-hydrogen) atoms. The number of nitrogens with one attached hydrogen (secondary N) is 8. The first-order valence-electron chi connectivity index (χ1n) is 20.3. The molecule has 2 heterocycles. The molecule has 4 rings (SSSR count). The maximum absolute atomic E-state index is 14.3. The number of hydrogen-bond donors (Lipinski definition) is 11. The van der Waals surface area contributed by atoms with Crippen LogP contribution in [0.2, 0.25) is 0 Å². The van der Waals surface area contributed by atoms with E-state index in [-0.39, 0.29) is 38.6 Å². The third-order valence-electron chi connectivity index (χ3n) is 10.0. The second-order valence-electron chi connectivity index (χ2n) is 14.7. The molecule has 13 N–H and O–H groups in total. The molecule has 4 aromatic rings. The molecule has 0 aliphatic carbocycles. The summed E-state index contributed by atoms with van der Waals surface area (Å²) in [4.78, 5) is 104. The average molecular weight is 876 g/mol. The Balaban J connectivity index is 1.57. The number of imidazole rings is 1. The van der Waals surface area contributed by atoms with Crippen LogP contribution in [0.15, 0.2) is 73.3 Å². The van der Waals surface area contributed by atoms with Crippen molar-refractivity contribution < 1.29 is 38.7 Å². The molecule has 334 valence electrons. The van der Waals surface area contributed by atoms with E-state index in [1.54, 1.807) is 36.5 Å². The molecule has 0 unspecified atom stereocenters. The SMILES string of the molecule is CSCC[C@H](NC(=O)CN)C(=O)N[C@@H](C)C(=O)N[C@@H](CCCCN)C(=O)N[C@H](Cc1cnc[nH]1)C(=O)N[C@H](Cc1c[nH]c2ccccc12)C(=O)N[C@@H](Cc1ccccc1)C(=O)O. The number of carboxylic acid groups (broad SMARTS) is 1. The van der Waals surface area contributed by atoms with Crippen LogP contribution < -0.4 is 43.4 Å². The molecule has 0 aliphatic rings. The first-order chi connectivity index (χ1) is 29.8. The molecule has 6 atom stereocenters. The molecule has 0 saturated carbocycles. The number of rotatable bonds is 26. The number of para-hydroxylation sites is 1. The number of carboxylic acids is 1. The summed E-state index contributed by atoms with van der Waals surface area (Å²) in [6.45, 7) is 1.43. The average Bonchev–Trinajstić information content (AvgIpc) is 3.94. The van der Waals surface area contributed by atoms with Gasteiger partial charge >= 0.3 is 5.97 Å². The smallest absolute Gasteiger partial charge is 0.326 e. The maximum Gasteiger partial charge on any atom is 0.326 e. The van der Waals surface area contributed by atoms with Crippen LogP contribution in [0.5, 0.6) is 0 Å². The zero-order valence-corrected chi connectivity index (χ0v) is 35.6. The number of thioether (sulfide) groups is 1. The molecule has 0 radical (unpaired) electrons. The van der Waals surface area contributed by atoms with Crippen LogP contribution in [0.1, 0.15) is 49.4 Å². The first-order valence-corrected chi connectivity index (χ1v) is 21.7. The minimum atomic E-state index is -1.33. The fraction of sp³-hybridized carbons (Fsp3) is 0.429. The lowest BCUT2D eigenvalue weighted by Crippen LogP contribution is -2.60. The van der Waals surface area contributed by atoms with Crippen LogP contribution in [-0.2, 0) is 52.8 Å². The van der Waals surface area contributed by atoms with Gasteiger partial charge in [-0.3, -0.25) is 28.8 Å². The van der Waals surface area contributed by atoms with Crippen molar-refractivity contribution in [2.75, 3.05) is 25.1 Å². The Morgan fingerprint density at radius 1 is 0.694 bits per heavy atom. The van der Waals surface area contributed by atoms with Crippen molar-refractivity contribution in [2.45, 2.75) is 88.1 Å². The third-order valence-corrected chi connectivity index (χ3v) is 10.7. The predicted octanol–water partition coefficient (Wildman–Crippen LogP) is -0.227. The van der Waals surface area contributed by atoms with Gasteiger partial charge < -0.3 is 58.4 Å². The monoisotopic (exact) mass is 875 g/mol. The number of benzene rings is 2. The minimum absolute atomic E-state index is 0.0167. The maximum atomic E-state index is 14.3. The van der Waals surface area contributed by atoms with E-state index in [2.05, 4.69) is 46.9 Å². The summed E-state index contributed by atoms with van der Waals surface area (Å²) >= 11 is 1.47. The Morgan fingerprint density at radius 3 is 1.95 bits per heavy atom. The van der Waals surface area contributed by atoms with Crippen LogP contribution in [0, 0.1) is 0 Å². The van der Waals surface area contributed by atoms with Gasteiger partial charge in [0.2, 0.25) is 35.4 Å². The standard InChI is InChI=1S/C42H57N11O8S/c1-25(48-38(56)32(15-17-62-2)49-36(54)21-44)37(55)50-31(14-8-9-16-43)39(57)52-34(20-28-23-45-24-47-28)41(59)51-33(19-27-22-46-30-13-7-6-12-29(27)30)40(58)53-35(42(60)61)18-26-10-4-3-5-11-26/h3-7,10-13,22-25,31-35,46H,8-9,14-21,43-44H2,1-2H3,(H,45,47)(H,48,56)(H,49,54)(H,50,55)(H,51,59)(H,52,57)(H,53,58)(H,60,61)/t25-,31-,32-,33+,34+,35-/m0/s1. The number of fused-ring (bicyclic) bond motifs is 1. The Bertz CT molecular complexity index is 2100. The number of nitrogens with two attached hydrogens (primary N) is 2. The van der Waals surface area contributed by atoms with Gasteiger partial charge in [-0.1, -0.05) is 48.5 Å². The van der Waals surface area contributed by atoms with Crippen molar-refractivity contribution in [3.63, 3.8) is 0 Å². The number of amides is 6. The summed E-state index contributed by atoms with van der Waals surface area (Å²) in [7, 11) is 0. The summed E-state index contributed by atoms with van der Waals surface area (Å²) in [6, 6.07) is 8.94. The zero-order valence-electron chi connectivity index (χ0n) is 34.8. The number of aromatic amines is 2. The predicted molar refractivity (Wildman–Crippen MR) is 234 cm³/mol. The van der Waals surface area contributed by atoms with E-state index in [1.807, 2.05) is 30.5 Å². The molecule has 0 saturated heterocycles. The summed E-state index contributed by atoms with van der Waals surface area (Å²) in [6.07, 6.45) is 7.62. The normalized spacial score (nSPS) is 14.0. The summed E-state index contributed by atoms with van der Waals surface area (Å²) < 4.78 is 0. The molecule has 2 aromatic heterocycles. The molecular formula is C42H57N11O8S. The molecule has 2 aromatic carbocycles. The van der Waals surface area contributed by atoms with Gasteiger partial charge in [-0.2, -0.15) is 11.8 Å². The zero-order chi connectivity index (χ0) is 45.0. The van der Waals surface area contributed by atoms with Crippen molar-refractivity contribution in [1.29, 1.82) is 0 Å². The fourth-order valence-electron chi connectivity index (χ4n) is 6.62. The van der Waals surface area contributed by atoms with E-state index in [0.717, 1.165) is 10.9 Å². The molecule has 19 nitrogen and oxygen atoms in total. The Kier molecular flexibility index (Phi) is 19.4. The first kappa shape index (κ1) is 48.4. The number of carbonyl (C=O) groups is 7. The Hall–Kier alpha value is -6.25. The molecule has 0 bridgehead atoms. The topological polar surface area (TPSA) is 308 Å². The molecule has 6 amide bonds. The van der Waals surface area contributed by atoms with E-state index in [9.17, 15) is 38.7 Å². The largest absolute Gasteiger partial charge is 0.480 e. The highest BCUT2D eigenvalue weighted by Gasteiger charge is 2.33. The summed E-state index contributed by atoms with van der Waals surface area (Å²) in [5.74, 6) is -4.83. The number of nitrogens with zero attached hydrogens (tertiary/aromatic N) is 1. The molecule has 0 aliphatic heterocycles. The Labute approximate surface area is 363 Å². The van der Waals surface area contributed by atoms with Gasteiger partial charge in [-0.25, -0.2) is 9.78 Å². The number of carbonyl (C=O) groups excluding carboxylic acids is 6. The number of unbranched alkanes of at least 4 members (excludes halogenated alkanes) is 1. The van der Waals surface area contributed by atoms with E-state index in [1.165, 1.54) is 31.2 Å². The summed E-state index contributed by atoms with van der Waals surface area (Å²) in [5.41, 5.74) is 13.8. The minimum Gasteiger partial charge on any atom is -0.480 e. The van der Waals surface area contributed by atoms with Crippen LogP contribution in [0.25, 0.3) is 10.9 Å². The number of aliphatic carboxylic acids is 1. The highest BCUT2D eigenvalue weighted by atomic mass is 32.2. The van der Waals surface area contributed by atoms with Gasteiger partial charge in [0.1, 0.15) is 36.3 Å². The van der Waals surface area contributed by atoms with Gasteiger partial charge in [0.15, 0.2) is 0 Å². The highest BCUT2D eigenvalue weighted by Crippen LogP contribution is 2.20. The lowest BCUT2D eigenvalue weighted by molar-refractivity contribution is -0.142. The highest BCUT2D eigenvalue weighted by molar-refractivity contribution is 7.98. The number of aromatic nitrogens is 3. The molecular weight excluding hydrogens is 819 g/mol. The van der Waals surface area contributed by atoms with Crippen molar-refractivity contribution in [3.05, 3.63) is 90.1 Å². The van der Waals surface area contributed by atoms with Gasteiger partial charge in [-0.05, 0) is 68.4 Å². The van der Waals surface area contributed by atoms with Crippen LogP contribution >= 0.6 is 11.8 Å². The van der Waals surface area contributed by atoms with E-state index in [4.69, 9.17) is 11.5 Å². The van der Waals surface area contributed by atoms with Gasteiger partial charge in [0.25, 0.3) is 0 Å². The second-order valence-corrected chi connectivity index (χ2v) is 15.7. The summed E-state index contributed by atoms with van der Waals surface area (Å²) in [5, 5.41) is 26.8. The lowest BCUT2D eigenvalue weighted by atomic mass is 10.0. The van der Waals surface area contributed by atoms with E-state index >= 15 is 0 Å². The van der Waals surface area contributed by atoms with Gasteiger partial charge in [0.05, 0.1) is 12.9 Å². The van der Waals surface area contributed by atoms with Gasteiger partial charge in [-0.15, -0.1) is 0 Å². The van der Waals surface area contributed by atoms with Crippen molar-refractivity contribution in [3.8, 4) is 0 Å². The quantitative estimate of drug-likeness (QED) is 0.0365. The van der Waals surface area contributed by atoms with Crippen LogP contribution in [0.3, 0.4) is 0 Å². The molecule has 20 heteroatoms. The lowest BCUT2D eigenvalue weighted by Gasteiger charge is -2.27. The third kappa shape index (κ3) is 15.0. The van der Waals surface area contributed by atoms with Crippen LogP contribution in [0.4, 0.5) is 0 Å². The molecule has 0 spiro atoms. The van der Waals surface area contributed by atoms with Crippen LogP contribution in [-0.4, -0.2) is 123 Å². The van der Waals surface area contributed by atoms with Crippen molar-refractivity contribution in [2.24, 2.45) is 11.5 Å². The second kappa shape index (κ2) is 24.9. The van der Waals surface area contributed by atoms with Crippen molar-refractivity contribution >= 4 is 64.1 Å². The Morgan fingerprint density at radius 2 is 1.31 bits per heavy atom. The number of hydrogen-bond acceptors (Lipinski definition) is 11. The van der Waals surface area contributed by atoms with Gasteiger partial charge in [0, 0.05) is 48.3 Å². The van der Waals surface area contributed by atoms with E-state index in [0.29, 0.717) is 42.0 Å². The van der Waals surface area contributed by atoms with E-state index < -0.39 is 77.7 Å². The molecule has 0 fully saturated rings. The van der Waals surface area contributed by atoms with Crippen molar-refractivity contribution in [1.82, 2.24) is 46.9 Å². The fourth-order valence-corrected chi connectivity index (χ4v) is 7.09.